The van der Waals surface area contributed by atoms with Gasteiger partial charge in [0, 0.05) is 11.1 Å². The molecule has 0 radical (unpaired) electrons. The van der Waals surface area contributed by atoms with Crippen LogP contribution in [0, 0.1) is 0 Å². The fourth-order valence-corrected chi connectivity index (χ4v) is 3.98. The second-order valence-electron chi connectivity index (χ2n) is 6.93. The predicted molar refractivity (Wildman–Crippen MR) is 88.8 cm³/mol. The minimum atomic E-state index is -6.06. The lowest BCUT2D eigenvalue weighted by atomic mass is 9.70. The molecule has 0 unspecified atom stereocenters. The Bertz CT molecular complexity index is 1180. The Morgan fingerprint density at radius 1 is 0.710 bits per heavy atom. The normalized spacial score (nSPS) is 16.5. The van der Waals surface area contributed by atoms with Crippen molar-refractivity contribution in [1.29, 1.82) is 0 Å². The SMILES string of the molecule is O=C1CC(=O)c2cc(C(c3cccc4c3C(=O)OC4=O)(C(F)(F)F)C(F)(F)F)ccc21. The smallest absolute Gasteiger partial charge is 0.386 e. The Kier molecular flexibility index (Phi) is 4.19. The zero-order chi connectivity index (χ0) is 22.9. The summed E-state index contributed by atoms with van der Waals surface area (Å²) in [5, 5.41) is 0. The minimum absolute atomic E-state index is 0.292. The molecule has 0 saturated carbocycles. The van der Waals surface area contributed by atoms with Crippen LogP contribution in [0.4, 0.5) is 26.3 Å². The van der Waals surface area contributed by atoms with E-state index in [0.717, 1.165) is 18.2 Å². The maximum atomic E-state index is 14.4. The molecule has 0 bridgehead atoms. The van der Waals surface area contributed by atoms with E-state index < -0.39 is 75.5 Å². The summed E-state index contributed by atoms with van der Waals surface area (Å²) in [6.07, 6.45) is -12.8. The number of hydrogen-bond donors (Lipinski definition) is 0. The highest BCUT2D eigenvalue weighted by atomic mass is 19.4. The zero-order valence-electron chi connectivity index (χ0n) is 15.0. The summed E-state index contributed by atoms with van der Waals surface area (Å²) < 4.78 is 90.3. The number of rotatable bonds is 2. The molecule has 2 aliphatic rings. The van der Waals surface area contributed by atoms with Gasteiger partial charge in [0.15, 0.2) is 11.6 Å². The van der Waals surface area contributed by atoms with Crippen molar-refractivity contribution in [3.8, 4) is 0 Å². The third kappa shape index (κ3) is 2.65. The number of hydrogen-bond acceptors (Lipinski definition) is 5. The van der Waals surface area contributed by atoms with Crippen LogP contribution in [0.2, 0.25) is 0 Å². The molecule has 2 aromatic rings. The number of esters is 2. The Balaban J connectivity index is 2.14. The van der Waals surface area contributed by atoms with Gasteiger partial charge < -0.3 is 4.74 Å². The molecular formula is C20H8F6O5. The van der Waals surface area contributed by atoms with Gasteiger partial charge in [-0.1, -0.05) is 24.3 Å². The number of benzene rings is 2. The van der Waals surface area contributed by atoms with E-state index in [0.29, 0.717) is 18.2 Å². The van der Waals surface area contributed by atoms with Crippen LogP contribution in [0.1, 0.15) is 59.0 Å². The Hall–Kier alpha value is -3.50. The first-order valence-electron chi connectivity index (χ1n) is 8.55. The number of Topliss-reactive ketones (excluding diaryl/α,β-unsaturated/α-hetero) is 2. The molecule has 31 heavy (non-hydrogen) atoms. The maximum Gasteiger partial charge on any atom is 0.411 e. The quantitative estimate of drug-likeness (QED) is 0.396. The van der Waals surface area contributed by atoms with E-state index >= 15 is 0 Å². The largest absolute Gasteiger partial charge is 0.411 e. The van der Waals surface area contributed by atoms with Crippen molar-refractivity contribution >= 4 is 23.5 Å². The van der Waals surface area contributed by atoms with E-state index in [2.05, 4.69) is 4.74 Å². The first-order valence-corrected chi connectivity index (χ1v) is 8.55. The minimum Gasteiger partial charge on any atom is -0.386 e. The van der Waals surface area contributed by atoms with Gasteiger partial charge in [-0.25, -0.2) is 9.59 Å². The molecule has 5 nitrogen and oxygen atoms in total. The fraction of sp³-hybridized carbons (Fsp3) is 0.200. The molecule has 0 fully saturated rings. The van der Waals surface area contributed by atoms with Gasteiger partial charge >= 0.3 is 24.3 Å². The van der Waals surface area contributed by atoms with E-state index in [9.17, 15) is 45.5 Å². The maximum absolute atomic E-state index is 14.4. The molecular weight excluding hydrogens is 434 g/mol. The van der Waals surface area contributed by atoms with Gasteiger partial charge in [0.2, 0.25) is 5.41 Å². The van der Waals surface area contributed by atoms with E-state index in [4.69, 9.17) is 0 Å². The third-order valence-corrected chi connectivity index (χ3v) is 5.30. The Morgan fingerprint density at radius 2 is 1.32 bits per heavy atom. The average molecular weight is 442 g/mol. The molecule has 1 aliphatic heterocycles. The van der Waals surface area contributed by atoms with Gasteiger partial charge in [-0.3, -0.25) is 9.59 Å². The number of halogens is 6. The molecule has 160 valence electrons. The van der Waals surface area contributed by atoms with Crippen molar-refractivity contribution in [3.63, 3.8) is 0 Å². The molecule has 1 heterocycles. The van der Waals surface area contributed by atoms with Crippen molar-refractivity contribution in [3.05, 3.63) is 69.8 Å². The lowest BCUT2D eigenvalue weighted by molar-refractivity contribution is -0.288. The van der Waals surface area contributed by atoms with Gasteiger partial charge in [0.05, 0.1) is 17.5 Å². The lowest BCUT2D eigenvalue weighted by Crippen LogP contribution is -2.55. The number of ketones is 2. The van der Waals surface area contributed by atoms with Crippen molar-refractivity contribution in [1.82, 2.24) is 0 Å². The molecule has 0 spiro atoms. The van der Waals surface area contributed by atoms with E-state index in [-0.39, 0.29) is 5.56 Å². The van der Waals surface area contributed by atoms with Gasteiger partial charge in [-0.2, -0.15) is 26.3 Å². The van der Waals surface area contributed by atoms with Crippen LogP contribution < -0.4 is 0 Å². The van der Waals surface area contributed by atoms with Crippen molar-refractivity contribution in [2.45, 2.75) is 24.2 Å². The number of carbonyl (C=O) groups is 4. The van der Waals surface area contributed by atoms with Crippen LogP contribution in [0.15, 0.2) is 36.4 Å². The fourth-order valence-electron chi connectivity index (χ4n) is 3.98. The molecule has 0 N–H and O–H groups in total. The molecule has 0 saturated heterocycles. The highest BCUT2D eigenvalue weighted by molar-refractivity contribution is 6.24. The van der Waals surface area contributed by atoms with Gasteiger partial charge in [0.25, 0.3) is 0 Å². The van der Waals surface area contributed by atoms with E-state index in [1.165, 1.54) is 0 Å². The summed E-state index contributed by atoms with van der Waals surface area (Å²) in [5.74, 6) is -4.69. The topological polar surface area (TPSA) is 77.5 Å². The molecule has 2 aromatic carbocycles. The first-order chi connectivity index (χ1) is 14.3. The Labute approximate surface area is 168 Å². The summed E-state index contributed by atoms with van der Waals surface area (Å²) >= 11 is 0. The number of carbonyl (C=O) groups excluding carboxylic acids is 4. The number of alkyl halides is 6. The van der Waals surface area contributed by atoms with Gasteiger partial charge in [-0.15, -0.1) is 0 Å². The number of cyclic esters (lactones) is 2. The Morgan fingerprint density at radius 3 is 1.94 bits per heavy atom. The summed E-state index contributed by atoms with van der Waals surface area (Å²) in [7, 11) is 0. The molecule has 0 atom stereocenters. The average Bonchev–Trinajstić information content (AvgIpc) is 3.09. The summed E-state index contributed by atoms with van der Waals surface area (Å²) in [6, 6.07) is 3.59. The van der Waals surface area contributed by atoms with E-state index in [1.54, 1.807) is 0 Å². The molecule has 4 rings (SSSR count). The van der Waals surface area contributed by atoms with Gasteiger partial charge in [-0.05, 0) is 23.3 Å². The van der Waals surface area contributed by atoms with Crippen LogP contribution in [0.5, 0.6) is 0 Å². The van der Waals surface area contributed by atoms with Crippen LogP contribution >= 0.6 is 0 Å². The summed E-state index contributed by atoms with van der Waals surface area (Å²) in [4.78, 5) is 47.5. The monoisotopic (exact) mass is 442 g/mol. The summed E-state index contributed by atoms with van der Waals surface area (Å²) in [5.41, 5.74) is -10.5. The van der Waals surface area contributed by atoms with Crippen LogP contribution in [0.25, 0.3) is 0 Å². The van der Waals surface area contributed by atoms with Crippen LogP contribution in [-0.2, 0) is 10.2 Å². The standard InChI is InChI=1S/C20H8F6O5/c21-19(22,23)18(20(24,25)26,8-4-5-9-11(6-8)14(28)7-13(9)27)12-3-1-2-10-15(12)17(30)31-16(10)29/h1-6H,7H2. The van der Waals surface area contributed by atoms with Gasteiger partial charge in [0.1, 0.15) is 0 Å². The second kappa shape index (κ2) is 6.25. The zero-order valence-corrected chi connectivity index (χ0v) is 15.0. The third-order valence-electron chi connectivity index (χ3n) is 5.30. The van der Waals surface area contributed by atoms with Crippen molar-refractivity contribution in [2.24, 2.45) is 0 Å². The van der Waals surface area contributed by atoms with Crippen LogP contribution in [0.3, 0.4) is 0 Å². The second-order valence-corrected chi connectivity index (χ2v) is 6.93. The predicted octanol–water partition coefficient (Wildman–Crippen LogP) is 4.18. The molecule has 1 aliphatic carbocycles. The lowest BCUT2D eigenvalue weighted by Gasteiger charge is -2.39. The van der Waals surface area contributed by atoms with Crippen LogP contribution in [-0.4, -0.2) is 35.9 Å². The summed E-state index contributed by atoms with van der Waals surface area (Å²) in [6.45, 7) is 0. The molecule has 0 amide bonds. The number of fused-ring (bicyclic) bond motifs is 2. The number of ether oxygens (including phenoxy) is 1. The van der Waals surface area contributed by atoms with Crippen molar-refractivity contribution < 1.29 is 50.3 Å². The molecule has 11 heteroatoms. The van der Waals surface area contributed by atoms with Crippen molar-refractivity contribution in [2.75, 3.05) is 0 Å². The highest BCUT2D eigenvalue weighted by Gasteiger charge is 2.74. The van der Waals surface area contributed by atoms with E-state index in [1.807, 2.05) is 0 Å². The molecule has 0 aromatic heterocycles. The highest BCUT2D eigenvalue weighted by Crippen LogP contribution is 2.58. The first kappa shape index (κ1) is 20.8.